The quantitative estimate of drug-likeness (QED) is 0.770. The SMILES string of the molecule is CCNCCO[C@H]1CCCc2ccc(O)cc21. The number of nitrogens with one attached hydrogen (secondary N) is 1. The van der Waals surface area contributed by atoms with Crippen molar-refractivity contribution < 1.29 is 9.84 Å². The molecule has 0 aliphatic heterocycles. The predicted octanol–water partition coefficient (Wildman–Crippen LogP) is 2.40. The molecule has 0 bridgehead atoms. The van der Waals surface area contributed by atoms with Crippen LogP contribution in [0.5, 0.6) is 5.75 Å². The van der Waals surface area contributed by atoms with Gasteiger partial charge in [0.2, 0.25) is 0 Å². The lowest BCUT2D eigenvalue weighted by Gasteiger charge is -2.26. The summed E-state index contributed by atoms with van der Waals surface area (Å²) in [6.45, 7) is 4.69. The van der Waals surface area contributed by atoms with E-state index < -0.39 is 0 Å². The summed E-state index contributed by atoms with van der Waals surface area (Å²) < 4.78 is 5.89. The van der Waals surface area contributed by atoms with Gasteiger partial charge < -0.3 is 15.2 Å². The molecule has 0 saturated heterocycles. The molecule has 1 aromatic rings. The van der Waals surface area contributed by atoms with Crippen LogP contribution >= 0.6 is 0 Å². The van der Waals surface area contributed by atoms with Crippen molar-refractivity contribution in [2.45, 2.75) is 32.3 Å². The minimum atomic E-state index is 0.157. The molecule has 0 unspecified atom stereocenters. The minimum Gasteiger partial charge on any atom is -0.508 e. The van der Waals surface area contributed by atoms with E-state index >= 15 is 0 Å². The van der Waals surface area contributed by atoms with E-state index in [0.29, 0.717) is 5.75 Å². The van der Waals surface area contributed by atoms with Crippen molar-refractivity contribution >= 4 is 0 Å². The first kappa shape index (κ1) is 12.4. The van der Waals surface area contributed by atoms with Crippen molar-refractivity contribution in [1.29, 1.82) is 0 Å². The highest BCUT2D eigenvalue weighted by Gasteiger charge is 2.20. The van der Waals surface area contributed by atoms with E-state index in [-0.39, 0.29) is 6.10 Å². The summed E-state index contributed by atoms with van der Waals surface area (Å²) in [6.07, 6.45) is 3.49. The number of phenols is 1. The monoisotopic (exact) mass is 235 g/mol. The van der Waals surface area contributed by atoms with Crippen molar-refractivity contribution in [3.8, 4) is 5.75 Å². The van der Waals surface area contributed by atoms with Gasteiger partial charge in [-0.2, -0.15) is 0 Å². The third-order valence-corrected chi connectivity index (χ3v) is 3.24. The summed E-state index contributed by atoms with van der Waals surface area (Å²) in [5.41, 5.74) is 2.50. The lowest BCUT2D eigenvalue weighted by molar-refractivity contribution is 0.0427. The van der Waals surface area contributed by atoms with E-state index in [1.165, 1.54) is 17.5 Å². The Morgan fingerprint density at radius 3 is 3.18 bits per heavy atom. The van der Waals surface area contributed by atoms with Crippen LogP contribution in [0.15, 0.2) is 18.2 Å². The molecule has 0 heterocycles. The van der Waals surface area contributed by atoms with Gasteiger partial charge in [-0.05, 0) is 49.1 Å². The van der Waals surface area contributed by atoms with Gasteiger partial charge >= 0.3 is 0 Å². The number of likely N-dealkylation sites (N-methyl/N-ethyl adjacent to an activating group) is 1. The van der Waals surface area contributed by atoms with Crippen molar-refractivity contribution in [2.75, 3.05) is 19.7 Å². The highest BCUT2D eigenvalue weighted by Crippen LogP contribution is 2.34. The van der Waals surface area contributed by atoms with Crippen molar-refractivity contribution in [3.63, 3.8) is 0 Å². The number of ether oxygens (including phenoxy) is 1. The Balaban J connectivity index is 1.98. The zero-order chi connectivity index (χ0) is 12.1. The van der Waals surface area contributed by atoms with E-state index in [2.05, 4.69) is 12.2 Å². The predicted molar refractivity (Wildman–Crippen MR) is 68.3 cm³/mol. The topological polar surface area (TPSA) is 41.5 Å². The van der Waals surface area contributed by atoms with Crippen LogP contribution in [0.25, 0.3) is 0 Å². The second-order valence-electron chi connectivity index (χ2n) is 4.49. The smallest absolute Gasteiger partial charge is 0.115 e. The molecule has 3 heteroatoms. The van der Waals surface area contributed by atoms with Gasteiger partial charge in [0.1, 0.15) is 5.75 Å². The maximum absolute atomic E-state index is 9.55. The van der Waals surface area contributed by atoms with E-state index in [0.717, 1.165) is 32.5 Å². The standard InChI is InChI=1S/C14H21NO2/c1-2-15-8-9-17-14-5-3-4-11-6-7-12(16)10-13(11)14/h6-7,10,14-16H,2-5,8-9H2,1H3/t14-/m0/s1. The fourth-order valence-corrected chi connectivity index (χ4v) is 2.37. The number of hydrogen-bond donors (Lipinski definition) is 2. The average molecular weight is 235 g/mol. The normalized spacial score (nSPS) is 19.0. The van der Waals surface area contributed by atoms with Gasteiger partial charge in [-0.15, -0.1) is 0 Å². The first-order valence-corrected chi connectivity index (χ1v) is 6.45. The zero-order valence-corrected chi connectivity index (χ0v) is 10.4. The second kappa shape index (κ2) is 6.03. The molecular weight excluding hydrogens is 214 g/mol. The molecule has 1 aliphatic carbocycles. The molecule has 17 heavy (non-hydrogen) atoms. The summed E-state index contributed by atoms with van der Waals surface area (Å²) in [5.74, 6) is 0.339. The number of rotatable bonds is 5. The second-order valence-corrected chi connectivity index (χ2v) is 4.49. The Bertz CT molecular complexity index is 365. The summed E-state index contributed by atoms with van der Waals surface area (Å²) in [4.78, 5) is 0. The van der Waals surface area contributed by atoms with Gasteiger partial charge in [0.25, 0.3) is 0 Å². The molecule has 1 aliphatic rings. The number of phenolic OH excluding ortho intramolecular Hbond substituents is 1. The average Bonchev–Trinajstić information content (AvgIpc) is 2.35. The molecular formula is C14H21NO2. The summed E-state index contributed by atoms with van der Waals surface area (Å²) in [7, 11) is 0. The Labute approximate surface area is 103 Å². The van der Waals surface area contributed by atoms with Crippen LogP contribution in [0.1, 0.15) is 37.0 Å². The lowest BCUT2D eigenvalue weighted by atomic mass is 9.89. The Kier molecular flexibility index (Phi) is 4.40. The molecule has 0 radical (unpaired) electrons. The largest absolute Gasteiger partial charge is 0.508 e. The lowest BCUT2D eigenvalue weighted by Crippen LogP contribution is -2.21. The number of aryl methyl sites for hydroxylation is 1. The maximum atomic E-state index is 9.55. The van der Waals surface area contributed by atoms with Gasteiger partial charge in [0.15, 0.2) is 0 Å². The Morgan fingerprint density at radius 1 is 1.47 bits per heavy atom. The molecule has 3 nitrogen and oxygen atoms in total. The summed E-state index contributed by atoms with van der Waals surface area (Å²) in [5, 5.41) is 12.8. The first-order chi connectivity index (χ1) is 8.31. The van der Waals surface area contributed by atoms with Crippen LogP contribution in [0.3, 0.4) is 0 Å². The van der Waals surface area contributed by atoms with Crippen molar-refractivity contribution in [2.24, 2.45) is 0 Å². The molecule has 0 fully saturated rings. The van der Waals surface area contributed by atoms with Crippen molar-refractivity contribution in [3.05, 3.63) is 29.3 Å². The number of benzene rings is 1. The van der Waals surface area contributed by atoms with Gasteiger partial charge in [0, 0.05) is 6.54 Å². The highest BCUT2D eigenvalue weighted by molar-refractivity contribution is 5.37. The molecule has 0 spiro atoms. The van der Waals surface area contributed by atoms with Gasteiger partial charge in [-0.3, -0.25) is 0 Å². The van der Waals surface area contributed by atoms with Crippen LogP contribution in [-0.4, -0.2) is 24.8 Å². The first-order valence-electron chi connectivity index (χ1n) is 6.45. The Hall–Kier alpha value is -1.06. The fraction of sp³-hybridized carbons (Fsp3) is 0.571. The molecule has 94 valence electrons. The molecule has 0 saturated carbocycles. The molecule has 1 aromatic carbocycles. The van der Waals surface area contributed by atoms with Gasteiger partial charge in [-0.25, -0.2) is 0 Å². The van der Waals surface area contributed by atoms with Crippen LogP contribution in [0, 0.1) is 0 Å². The summed E-state index contributed by atoms with van der Waals surface area (Å²) >= 11 is 0. The number of hydrogen-bond acceptors (Lipinski definition) is 3. The molecule has 1 atom stereocenters. The highest BCUT2D eigenvalue weighted by atomic mass is 16.5. The maximum Gasteiger partial charge on any atom is 0.115 e. The van der Waals surface area contributed by atoms with E-state index in [4.69, 9.17) is 4.74 Å². The minimum absolute atomic E-state index is 0.157. The third-order valence-electron chi connectivity index (χ3n) is 3.24. The summed E-state index contributed by atoms with van der Waals surface area (Å²) in [6, 6.07) is 5.64. The fourth-order valence-electron chi connectivity index (χ4n) is 2.37. The van der Waals surface area contributed by atoms with Crippen molar-refractivity contribution in [1.82, 2.24) is 5.32 Å². The van der Waals surface area contributed by atoms with Gasteiger partial charge in [0.05, 0.1) is 12.7 Å². The molecule has 0 amide bonds. The van der Waals surface area contributed by atoms with Crippen LogP contribution in [0.4, 0.5) is 0 Å². The van der Waals surface area contributed by atoms with E-state index in [1.54, 1.807) is 6.07 Å². The molecule has 2 rings (SSSR count). The Morgan fingerprint density at radius 2 is 2.35 bits per heavy atom. The number of fused-ring (bicyclic) bond motifs is 1. The van der Waals surface area contributed by atoms with Crippen LogP contribution in [0.2, 0.25) is 0 Å². The van der Waals surface area contributed by atoms with E-state index in [1.807, 2.05) is 12.1 Å². The van der Waals surface area contributed by atoms with Crippen LogP contribution < -0.4 is 5.32 Å². The number of aromatic hydroxyl groups is 1. The molecule has 2 N–H and O–H groups in total. The van der Waals surface area contributed by atoms with Gasteiger partial charge in [-0.1, -0.05) is 13.0 Å². The third kappa shape index (κ3) is 3.20. The van der Waals surface area contributed by atoms with Crippen LogP contribution in [-0.2, 0) is 11.2 Å². The zero-order valence-electron chi connectivity index (χ0n) is 10.4. The molecule has 0 aromatic heterocycles. The van der Waals surface area contributed by atoms with E-state index in [9.17, 15) is 5.11 Å².